The molecule has 3 rings (SSSR count). The topological polar surface area (TPSA) is 76.2 Å². The molecule has 0 aliphatic carbocycles. The number of amides is 1. The highest BCUT2D eigenvalue weighted by Crippen LogP contribution is 2.24. The number of carbonyl (C=O) groups is 1. The molecule has 2 aromatic rings. The Morgan fingerprint density at radius 3 is 2.92 bits per heavy atom. The van der Waals surface area contributed by atoms with Gasteiger partial charge in [-0.15, -0.1) is 12.4 Å². The smallest absolute Gasteiger partial charge is 0.221 e. The molecule has 3 N–H and O–H groups in total. The van der Waals surface area contributed by atoms with Crippen molar-refractivity contribution in [2.75, 3.05) is 19.6 Å². The lowest BCUT2D eigenvalue weighted by molar-refractivity contribution is -0.121. The first-order chi connectivity index (χ1) is 12.2. The lowest BCUT2D eigenvalue weighted by Crippen LogP contribution is -2.46. The van der Waals surface area contributed by atoms with Crippen LogP contribution in [-0.2, 0) is 17.9 Å². The third kappa shape index (κ3) is 4.75. The van der Waals surface area contributed by atoms with Gasteiger partial charge in [-0.2, -0.15) is 5.10 Å². The Morgan fingerprint density at radius 1 is 1.35 bits per heavy atom. The average molecular weight is 380 g/mol. The summed E-state index contributed by atoms with van der Waals surface area (Å²) in [4.78, 5) is 14.2. The molecule has 1 atom stereocenters. The van der Waals surface area contributed by atoms with Crippen LogP contribution >= 0.6 is 12.4 Å². The van der Waals surface area contributed by atoms with Gasteiger partial charge in [-0.05, 0) is 32.4 Å². The van der Waals surface area contributed by atoms with Crippen LogP contribution in [-0.4, -0.2) is 46.3 Å². The lowest BCUT2D eigenvalue weighted by atomic mass is 10.0. The van der Waals surface area contributed by atoms with Crippen molar-refractivity contribution in [3.8, 4) is 0 Å². The monoisotopic (exact) mass is 379 g/mol. The molecule has 1 aromatic carbocycles. The van der Waals surface area contributed by atoms with Gasteiger partial charge in [0.15, 0.2) is 0 Å². The molecule has 1 aliphatic heterocycles. The summed E-state index contributed by atoms with van der Waals surface area (Å²) in [6.45, 7) is 6.00. The zero-order valence-corrected chi connectivity index (χ0v) is 16.3. The highest BCUT2D eigenvalue weighted by atomic mass is 35.5. The normalized spacial score (nSPS) is 17.8. The molecule has 0 spiro atoms. The zero-order chi connectivity index (χ0) is 17.6. The van der Waals surface area contributed by atoms with Crippen molar-refractivity contribution >= 4 is 29.2 Å². The summed E-state index contributed by atoms with van der Waals surface area (Å²) < 4.78 is 2.08. The van der Waals surface area contributed by atoms with Gasteiger partial charge in [0.1, 0.15) is 0 Å². The Labute approximate surface area is 161 Å². The molecule has 1 aliphatic rings. The number of piperidine rings is 1. The van der Waals surface area contributed by atoms with E-state index < -0.39 is 0 Å². The summed E-state index contributed by atoms with van der Waals surface area (Å²) in [5, 5.41) is 9.11. The highest BCUT2D eigenvalue weighted by molar-refractivity contribution is 5.85. The molecule has 1 fully saturated rings. The van der Waals surface area contributed by atoms with Crippen molar-refractivity contribution in [3.05, 3.63) is 30.0 Å². The van der Waals surface area contributed by atoms with E-state index in [1.807, 2.05) is 0 Å². The fraction of sp³-hybridized carbons (Fsp3) is 0.579. The molecule has 1 saturated heterocycles. The van der Waals surface area contributed by atoms with Crippen LogP contribution < -0.4 is 11.1 Å². The second kappa shape index (κ2) is 9.90. The maximum Gasteiger partial charge on any atom is 0.221 e. The molecular weight excluding hydrogens is 350 g/mol. The molecule has 0 saturated carbocycles. The summed E-state index contributed by atoms with van der Waals surface area (Å²) in [7, 11) is 0. The van der Waals surface area contributed by atoms with Crippen LogP contribution in [0.2, 0.25) is 0 Å². The number of benzene rings is 1. The number of para-hydroxylation sites is 1. The molecule has 1 aromatic heterocycles. The first-order valence-corrected chi connectivity index (χ1v) is 9.38. The van der Waals surface area contributed by atoms with Crippen molar-refractivity contribution in [3.63, 3.8) is 0 Å². The van der Waals surface area contributed by atoms with Crippen LogP contribution in [0.15, 0.2) is 24.3 Å². The summed E-state index contributed by atoms with van der Waals surface area (Å²) in [5.41, 5.74) is 7.79. The molecule has 144 valence electrons. The zero-order valence-electron chi connectivity index (χ0n) is 15.5. The van der Waals surface area contributed by atoms with Crippen LogP contribution in [0.4, 0.5) is 0 Å². The van der Waals surface area contributed by atoms with Crippen LogP contribution in [0.5, 0.6) is 0 Å². The van der Waals surface area contributed by atoms with Gasteiger partial charge in [0.2, 0.25) is 5.91 Å². The molecule has 1 unspecified atom stereocenters. The predicted octanol–water partition coefficient (Wildman–Crippen LogP) is 2.30. The number of nitrogens with two attached hydrogens (primary N) is 1. The van der Waals surface area contributed by atoms with Gasteiger partial charge in [-0.3, -0.25) is 14.4 Å². The number of nitrogens with one attached hydrogen (secondary N) is 1. The maximum absolute atomic E-state index is 11.7. The van der Waals surface area contributed by atoms with Crippen LogP contribution in [0, 0.1) is 0 Å². The number of likely N-dealkylation sites (tertiary alicyclic amines) is 1. The van der Waals surface area contributed by atoms with E-state index in [1.165, 1.54) is 23.7 Å². The van der Waals surface area contributed by atoms with E-state index in [0.717, 1.165) is 31.7 Å². The van der Waals surface area contributed by atoms with E-state index in [0.29, 0.717) is 25.6 Å². The Kier molecular flexibility index (Phi) is 7.87. The van der Waals surface area contributed by atoms with Crippen LogP contribution in [0.3, 0.4) is 0 Å². The molecular formula is C19H30ClN5O. The van der Waals surface area contributed by atoms with Crippen LogP contribution in [0.1, 0.15) is 38.3 Å². The van der Waals surface area contributed by atoms with E-state index in [-0.39, 0.29) is 18.3 Å². The minimum absolute atomic E-state index is 0. The SMILES string of the molecule is CCn1nc(CN2CCCCC2CNC(=O)CCN)c2ccccc21.Cl. The van der Waals surface area contributed by atoms with Gasteiger partial charge in [-0.1, -0.05) is 24.6 Å². The van der Waals surface area contributed by atoms with Crippen molar-refractivity contribution < 1.29 is 4.79 Å². The molecule has 26 heavy (non-hydrogen) atoms. The fourth-order valence-corrected chi connectivity index (χ4v) is 3.70. The quantitative estimate of drug-likeness (QED) is 0.773. The van der Waals surface area contributed by atoms with Gasteiger partial charge in [0.05, 0.1) is 11.2 Å². The number of aryl methyl sites for hydroxylation is 1. The summed E-state index contributed by atoms with van der Waals surface area (Å²) >= 11 is 0. The summed E-state index contributed by atoms with van der Waals surface area (Å²) in [6.07, 6.45) is 3.95. The Morgan fingerprint density at radius 2 is 2.15 bits per heavy atom. The largest absolute Gasteiger partial charge is 0.354 e. The molecule has 6 nitrogen and oxygen atoms in total. The first-order valence-electron chi connectivity index (χ1n) is 9.38. The van der Waals surface area contributed by atoms with Crippen LogP contribution in [0.25, 0.3) is 10.9 Å². The predicted molar refractivity (Wildman–Crippen MR) is 107 cm³/mol. The number of carbonyl (C=O) groups excluding carboxylic acids is 1. The summed E-state index contributed by atoms with van der Waals surface area (Å²) in [6, 6.07) is 8.81. The number of fused-ring (bicyclic) bond motifs is 1. The number of halogens is 1. The minimum atomic E-state index is 0. The Balaban J connectivity index is 0.00000243. The lowest BCUT2D eigenvalue weighted by Gasteiger charge is -2.35. The number of aromatic nitrogens is 2. The van der Waals surface area contributed by atoms with Crippen molar-refractivity contribution in [2.24, 2.45) is 5.73 Å². The van der Waals surface area contributed by atoms with E-state index >= 15 is 0 Å². The van der Waals surface area contributed by atoms with Crippen molar-refractivity contribution in [1.29, 1.82) is 0 Å². The maximum atomic E-state index is 11.7. The minimum Gasteiger partial charge on any atom is -0.354 e. The molecule has 0 bridgehead atoms. The van der Waals surface area contributed by atoms with E-state index in [4.69, 9.17) is 10.8 Å². The van der Waals surface area contributed by atoms with Crippen molar-refractivity contribution in [1.82, 2.24) is 20.0 Å². The first kappa shape index (κ1) is 20.7. The van der Waals surface area contributed by atoms with Gasteiger partial charge >= 0.3 is 0 Å². The van der Waals surface area contributed by atoms with Gasteiger partial charge in [-0.25, -0.2) is 0 Å². The van der Waals surface area contributed by atoms with E-state index in [2.05, 4.69) is 46.1 Å². The Hall–Kier alpha value is -1.63. The van der Waals surface area contributed by atoms with Gasteiger partial charge in [0, 0.05) is 44.0 Å². The van der Waals surface area contributed by atoms with E-state index in [1.54, 1.807) is 0 Å². The molecule has 2 heterocycles. The fourth-order valence-electron chi connectivity index (χ4n) is 3.70. The van der Waals surface area contributed by atoms with Crippen molar-refractivity contribution in [2.45, 2.75) is 51.7 Å². The highest BCUT2D eigenvalue weighted by Gasteiger charge is 2.24. The second-order valence-electron chi connectivity index (χ2n) is 6.74. The number of rotatable bonds is 7. The molecule has 0 radical (unpaired) electrons. The molecule has 7 heteroatoms. The van der Waals surface area contributed by atoms with Gasteiger partial charge in [0.25, 0.3) is 0 Å². The van der Waals surface area contributed by atoms with Gasteiger partial charge < -0.3 is 11.1 Å². The third-order valence-electron chi connectivity index (χ3n) is 5.04. The summed E-state index contributed by atoms with van der Waals surface area (Å²) in [5.74, 6) is 0.0498. The Bertz CT molecular complexity index is 717. The second-order valence-corrected chi connectivity index (χ2v) is 6.74. The standard InChI is InChI=1S/C19H29N5O.ClH/c1-2-24-18-9-4-3-8-16(18)17(22-24)14-23-12-6-5-7-15(23)13-21-19(25)10-11-20;/h3-4,8-9,15H,2,5-7,10-14,20H2,1H3,(H,21,25);1H. The number of hydrogen-bond donors (Lipinski definition) is 2. The molecule has 1 amide bonds. The third-order valence-corrected chi connectivity index (χ3v) is 5.04. The number of hydrogen-bond acceptors (Lipinski definition) is 4. The van der Waals surface area contributed by atoms with E-state index in [9.17, 15) is 4.79 Å². The average Bonchev–Trinajstić information content (AvgIpc) is 2.99. The number of nitrogens with zero attached hydrogens (tertiary/aromatic N) is 3.